The number of hydrogen-bond acceptors (Lipinski definition) is 2. The predicted molar refractivity (Wildman–Crippen MR) is 102 cm³/mol. The summed E-state index contributed by atoms with van der Waals surface area (Å²) in [5.41, 5.74) is 0.497. The molecule has 0 saturated heterocycles. The van der Waals surface area contributed by atoms with Crippen molar-refractivity contribution in [3.63, 3.8) is 0 Å². The summed E-state index contributed by atoms with van der Waals surface area (Å²) in [4.78, 5) is 0.705. The van der Waals surface area contributed by atoms with Crippen molar-refractivity contribution in [2.45, 2.75) is 12.8 Å². The Morgan fingerprint density at radius 1 is 0.926 bits per heavy atom. The zero-order chi connectivity index (χ0) is 18.1. The predicted octanol–water partition coefficient (Wildman–Crippen LogP) is 4.28. The molecule has 0 aliphatic carbocycles. The summed E-state index contributed by atoms with van der Waals surface area (Å²) in [6, 6.07) is 24.5. The molecule has 0 fully saturated rings. The minimum atomic E-state index is -2.94. The van der Waals surface area contributed by atoms with Crippen LogP contribution in [0.1, 0.15) is 12.5 Å². The Hall–Kier alpha value is -1.08. The molecule has 0 unspecified atom stereocenters. The molecule has 1 heterocycles. The second-order valence-electron chi connectivity index (χ2n) is 6.03. The number of benzene rings is 3. The number of halogens is 2. The Balaban J connectivity index is 0.00000210. The number of alkyl halides is 2. The van der Waals surface area contributed by atoms with E-state index in [1.807, 2.05) is 24.3 Å². The molecule has 0 amide bonds. The van der Waals surface area contributed by atoms with E-state index in [1.165, 1.54) is 17.4 Å². The molecule has 5 heteroatoms. The third-order valence-corrected chi connectivity index (χ3v) is 5.29. The summed E-state index contributed by atoms with van der Waals surface area (Å²) >= 11 is 1.46. The van der Waals surface area contributed by atoms with E-state index in [4.69, 9.17) is 4.74 Å². The number of fused-ring (bicyclic) bond motifs is 1. The normalized spacial score (nSPS) is 11.2. The zero-order valence-electron chi connectivity index (χ0n) is 15.0. The number of hydrogen-bond donors (Lipinski definition) is 0. The second kappa shape index (κ2) is 8.51. The van der Waals surface area contributed by atoms with Crippen LogP contribution < -0.4 is 56.1 Å². The molecule has 4 rings (SSSR count). The van der Waals surface area contributed by atoms with Gasteiger partial charge >= 0.3 is 51.4 Å². The van der Waals surface area contributed by atoms with Crippen LogP contribution in [0.2, 0.25) is 0 Å². The Kier molecular flexibility index (Phi) is 6.51. The average molecular weight is 405 g/mol. The number of thiophene rings is 1. The van der Waals surface area contributed by atoms with Gasteiger partial charge in [0.1, 0.15) is 0 Å². The standard InChI is InChI=1S/C22H15F2OS.K/c1-22(23,24)18-13-7-5-11-16(18)21-20(25-15-9-3-2-4-10-15)17-12-6-8-14-19(17)26-21;/h3-14H,1H3;/q-1;+1. The van der Waals surface area contributed by atoms with Crippen LogP contribution in [0, 0.1) is 6.07 Å². The summed E-state index contributed by atoms with van der Waals surface area (Å²) in [5, 5.41) is 0.912. The van der Waals surface area contributed by atoms with Gasteiger partial charge in [-0.05, 0) is 12.1 Å². The molecule has 3 aromatic carbocycles. The summed E-state index contributed by atoms with van der Waals surface area (Å²) in [6.07, 6.45) is 0. The molecule has 0 N–H and O–H groups in total. The van der Waals surface area contributed by atoms with Gasteiger partial charge in [-0.2, -0.15) is 18.2 Å². The monoisotopic (exact) mass is 404 g/mol. The van der Waals surface area contributed by atoms with Crippen LogP contribution in [0.4, 0.5) is 8.78 Å². The summed E-state index contributed by atoms with van der Waals surface area (Å²) in [5.74, 6) is -1.69. The van der Waals surface area contributed by atoms with Crippen LogP contribution >= 0.6 is 11.3 Å². The zero-order valence-corrected chi connectivity index (χ0v) is 18.9. The molecule has 0 spiro atoms. The first-order valence-corrected chi connectivity index (χ1v) is 8.99. The third kappa shape index (κ3) is 4.34. The van der Waals surface area contributed by atoms with Crippen LogP contribution in [-0.4, -0.2) is 0 Å². The Morgan fingerprint density at radius 2 is 1.59 bits per heavy atom. The van der Waals surface area contributed by atoms with Gasteiger partial charge in [0.2, 0.25) is 0 Å². The first-order valence-electron chi connectivity index (χ1n) is 8.17. The van der Waals surface area contributed by atoms with Gasteiger partial charge in [-0.3, -0.25) is 0 Å². The molecule has 1 aromatic heterocycles. The largest absolute Gasteiger partial charge is 1.00 e. The van der Waals surface area contributed by atoms with E-state index in [9.17, 15) is 8.78 Å². The quantitative estimate of drug-likeness (QED) is 0.365. The molecular weight excluding hydrogens is 389 g/mol. The van der Waals surface area contributed by atoms with Crippen molar-refractivity contribution >= 4 is 21.4 Å². The summed E-state index contributed by atoms with van der Waals surface area (Å²) < 4.78 is 35.5. The summed E-state index contributed by atoms with van der Waals surface area (Å²) in [6.45, 7) is 0.923. The van der Waals surface area contributed by atoms with Gasteiger partial charge in [0, 0.05) is 33.9 Å². The van der Waals surface area contributed by atoms with Crippen LogP contribution in [-0.2, 0) is 5.92 Å². The van der Waals surface area contributed by atoms with E-state index in [-0.39, 0.29) is 56.9 Å². The molecule has 4 aromatic rings. The first-order chi connectivity index (χ1) is 12.5. The van der Waals surface area contributed by atoms with Crippen molar-refractivity contribution in [2.24, 2.45) is 0 Å². The topological polar surface area (TPSA) is 9.23 Å². The van der Waals surface area contributed by atoms with Crippen molar-refractivity contribution < 1.29 is 64.9 Å². The molecule has 0 bridgehead atoms. The van der Waals surface area contributed by atoms with Crippen molar-refractivity contribution in [1.82, 2.24) is 0 Å². The van der Waals surface area contributed by atoms with E-state index < -0.39 is 5.92 Å². The molecule has 130 valence electrons. The third-order valence-electron chi connectivity index (χ3n) is 4.10. The van der Waals surface area contributed by atoms with Gasteiger partial charge in [-0.15, -0.1) is 23.5 Å². The van der Waals surface area contributed by atoms with Gasteiger partial charge in [-0.25, -0.2) is 8.78 Å². The maximum Gasteiger partial charge on any atom is 1.00 e. The molecular formula is C22H15F2KOS. The molecule has 0 atom stereocenters. The molecule has 27 heavy (non-hydrogen) atoms. The Labute approximate surface area is 203 Å². The van der Waals surface area contributed by atoms with Gasteiger partial charge < -0.3 is 4.74 Å². The van der Waals surface area contributed by atoms with Crippen LogP contribution in [0.3, 0.4) is 0 Å². The Bertz CT molecular complexity index is 1050. The second-order valence-corrected chi connectivity index (χ2v) is 7.08. The van der Waals surface area contributed by atoms with Crippen molar-refractivity contribution in [2.75, 3.05) is 0 Å². The molecule has 0 aliphatic rings. The maximum atomic E-state index is 14.2. The van der Waals surface area contributed by atoms with Crippen molar-refractivity contribution in [1.29, 1.82) is 0 Å². The van der Waals surface area contributed by atoms with Crippen molar-refractivity contribution in [3.05, 3.63) is 84.4 Å². The van der Waals surface area contributed by atoms with Gasteiger partial charge in [-0.1, -0.05) is 36.4 Å². The average Bonchev–Trinajstić information content (AvgIpc) is 3.00. The van der Waals surface area contributed by atoms with E-state index in [1.54, 1.807) is 42.5 Å². The minimum Gasteiger partial charge on any atom is -0.481 e. The summed E-state index contributed by atoms with van der Waals surface area (Å²) in [7, 11) is 0. The van der Waals surface area contributed by atoms with Crippen LogP contribution in [0.15, 0.2) is 72.8 Å². The fourth-order valence-corrected chi connectivity index (χ4v) is 4.09. The maximum absolute atomic E-state index is 14.2. The fourth-order valence-electron chi connectivity index (χ4n) is 2.92. The first kappa shape index (κ1) is 20.6. The minimum absolute atomic E-state index is 0. The fraction of sp³-hybridized carbons (Fsp3) is 0.0909. The number of rotatable bonds is 4. The van der Waals surface area contributed by atoms with Crippen molar-refractivity contribution in [3.8, 4) is 21.9 Å². The van der Waals surface area contributed by atoms with Crippen LogP contribution in [0.25, 0.3) is 20.5 Å². The smallest absolute Gasteiger partial charge is 0.481 e. The molecule has 0 radical (unpaired) electrons. The van der Waals surface area contributed by atoms with E-state index in [2.05, 4.69) is 6.07 Å². The SMILES string of the molecule is CC(F)(F)c1ccccc1-c1sc2ccccc2c1Oc1cc[c-]cc1.[K+]. The Morgan fingerprint density at radius 3 is 2.33 bits per heavy atom. The molecule has 0 aliphatic heterocycles. The van der Waals surface area contributed by atoms with Gasteiger partial charge in [0.15, 0.2) is 5.75 Å². The number of ether oxygens (including phenoxy) is 1. The van der Waals surface area contributed by atoms with E-state index in [0.29, 0.717) is 21.9 Å². The van der Waals surface area contributed by atoms with E-state index in [0.717, 1.165) is 17.0 Å². The van der Waals surface area contributed by atoms with Gasteiger partial charge in [0.25, 0.3) is 5.92 Å². The molecule has 1 nitrogen and oxygen atoms in total. The van der Waals surface area contributed by atoms with E-state index >= 15 is 0 Å². The van der Waals surface area contributed by atoms with Gasteiger partial charge in [0.05, 0.1) is 4.88 Å². The van der Waals surface area contributed by atoms with Crippen LogP contribution in [0.5, 0.6) is 11.5 Å². The molecule has 0 saturated carbocycles.